The van der Waals surface area contributed by atoms with Gasteiger partial charge in [0.15, 0.2) is 4.87 Å². The van der Waals surface area contributed by atoms with Gasteiger partial charge in [-0.2, -0.15) is 0 Å². The first-order chi connectivity index (χ1) is 6.38. The predicted octanol–water partition coefficient (Wildman–Crippen LogP) is 2.07. The summed E-state index contributed by atoms with van der Waals surface area (Å²) in [6, 6.07) is 0. The van der Waals surface area contributed by atoms with Crippen LogP contribution in [0.25, 0.3) is 0 Å². The molecule has 76 valence electrons. The van der Waals surface area contributed by atoms with Crippen molar-refractivity contribution in [2.45, 2.75) is 10.3 Å². The molecule has 0 radical (unpaired) electrons. The van der Waals surface area contributed by atoms with Crippen LogP contribution in [0.4, 0.5) is 0 Å². The Kier molecular flexibility index (Phi) is 3.19. The van der Waals surface area contributed by atoms with E-state index in [1.54, 1.807) is 0 Å². The van der Waals surface area contributed by atoms with Gasteiger partial charge in [-0.15, -0.1) is 23.2 Å². The van der Waals surface area contributed by atoms with Crippen LogP contribution in [0.2, 0.25) is 0 Å². The fourth-order valence-corrected chi connectivity index (χ4v) is 1.58. The third-order valence-electron chi connectivity index (χ3n) is 1.73. The van der Waals surface area contributed by atoms with Crippen molar-refractivity contribution in [3.63, 3.8) is 0 Å². The molecular weight excluding hydrogens is 252 g/mol. The zero-order valence-corrected chi connectivity index (χ0v) is 8.88. The largest absolute Gasteiger partial charge is 0.279 e. The van der Waals surface area contributed by atoms with E-state index in [1.165, 1.54) is 0 Å². The van der Waals surface area contributed by atoms with E-state index in [2.05, 4.69) is 0 Å². The Morgan fingerprint density at radius 3 is 2.57 bits per heavy atom. The highest BCUT2D eigenvalue weighted by atomic mass is 35.5. The number of allylic oxidation sites excluding steroid dienone is 3. The minimum atomic E-state index is -1.59. The summed E-state index contributed by atoms with van der Waals surface area (Å²) in [5.41, 5.74) is -0.209. The van der Waals surface area contributed by atoms with Crippen LogP contribution in [0.15, 0.2) is 23.9 Å². The van der Waals surface area contributed by atoms with Gasteiger partial charge in [-0.25, -0.2) is 0 Å². The van der Waals surface area contributed by atoms with Crippen LogP contribution < -0.4 is 0 Å². The van der Waals surface area contributed by atoms with Crippen molar-refractivity contribution in [1.82, 2.24) is 0 Å². The maximum atomic E-state index is 10.9. The number of hydrogen-bond acceptors (Lipinski definition) is 3. The monoisotopic (exact) mass is 255 g/mol. The summed E-state index contributed by atoms with van der Waals surface area (Å²) in [6.45, 7) is 0. The van der Waals surface area contributed by atoms with Crippen molar-refractivity contribution < 1.29 is 9.72 Å². The molecule has 0 spiro atoms. The molecule has 7 heteroatoms. The lowest BCUT2D eigenvalue weighted by Gasteiger charge is -2.23. The highest BCUT2D eigenvalue weighted by molar-refractivity contribution is 6.72. The molecule has 0 bridgehead atoms. The zero-order valence-electron chi connectivity index (χ0n) is 6.62. The van der Waals surface area contributed by atoms with E-state index in [4.69, 9.17) is 34.8 Å². The van der Waals surface area contributed by atoms with Gasteiger partial charge in [0.25, 0.3) is 5.70 Å². The molecule has 2 unspecified atom stereocenters. The lowest BCUT2D eigenvalue weighted by molar-refractivity contribution is -0.419. The minimum absolute atomic E-state index is 0.209. The van der Waals surface area contributed by atoms with E-state index in [0.717, 1.165) is 18.2 Å². The molecule has 1 aliphatic rings. The molecule has 0 amide bonds. The van der Waals surface area contributed by atoms with Gasteiger partial charge in [0, 0.05) is 12.2 Å². The third kappa shape index (κ3) is 1.92. The van der Waals surface area contributed by atoms with Crippen LogP contribution in [-0.2, 0) is 4.79 Å². The molecule has 0 aliphatic heterocycles. The van der Waals surface area contributed by atoms with Gasteiger partial charge < -0.3 is 0 Å². The second-order valence-corrected chi connectivity index (χ2v) is 4.06. The Balaban J connectivity index is 3.02. The fourth-order valence-electron chi connectivity index (χ4n) is 0.921. The fraction of sp³-hybridized carbons (Fsp3) is 0.286. The van der Waals surface area contributed by atoms with Crippen molar-refractivity contribution in [2.24, 2.45) is 0 Å². The summed E-state index contributed by atoms with van der Waals surface area (Å²) in [6.07, 6.45) is 3.31. The van der Waals surface area contributed by atoms with Gasteiger partial charge in [0.05, 0.1) is 10.3 Å². The number of rotatable bonds is 2. The second kappa shape index (κ2) is 3.88. The van der Waals surface area contributed by atoms with E-state index in [9.17, 15) is 14.9 Å². The van der Waals surface area contributed by atoms with Gasteiger partial charge in [-0.3, -0.25) is 14.9 Å². The molecule has 0 heterocycles. The van der Waals surface area contributed by atoms with Crippen molar-refractivity contribution in [3.8, 4) is 0 Å². The molecule has 1 aliphatic carbocycles. The number of carbonyl (C=O) groups is 1. The van der Waals surface area contributed by atoms with Gasteiger partial charge in [0.2, 0.25) is 5.24 Å². The lowest BCUT2D eigenvalue weighted by atomic mass is 9.99. The summed E-state index contributed by atoms with van der Waals surface area (Å²) >= 11 is 16.7. The molecule has 0 aromatic rings. The SMILES string of the molecule is O=C(Cl)C1(Cl)C=CC([N+](=O)[O-])=CC1Cl. The van der Waals surface area contributed by atoms with Crippen LogP contribution in [0.5, 0.6) is 0 Å². The van der Waals surface area contributed by atoms with Gasteiger partial charge >= 0.3 is 0 Å². The van der Waals surface area contributed by atoms with Gasteiger partial charge in [0.1, 0.15) is 0 Å². The van der Waals surface area contributed by atoms with Crippen molar-refractivity contribution in [2.75, 3.05) is 0 Å². The van der Waals surface area contributed by atoms with Gasteiger partial charge in [-0.05, 0) is 17.7 Å². The average molecular weight is 256 g/mol. The van der Waals surface area contributed by atoms with E-state index in [0.29, 0.717) is 0 Å². The third-order valence-corrected chi connectivity index (χ3v) is 3.25. The van der Waals surface area contributed by atoms with Crippen molar-refractivity contribution >= 4 is 40.0 Å². The Hall–Kier alpha value is -0.580. The van der Waals surface area contributed by atoms with Crippen LogP contribution in [-0.4, -0.2) is 20.4 Å². The van der Waals surface area contributed by atoms with E-state index in [-0.39, 0.29) is 5.70 Å². The number of carbonyl (C=O) groups excluding carboxylic acids is 1. The normalized spacial score (nSPS) is 31.1. The number of hydrogen-bond donors (Lipinski definition) is 0. The molecule has 0 saturated heterocycles. The zero-order chi connectivity index (χ0) is 10.9. The first kappa shape index (κ1) is 11.5. The van der Waals surface area contributed by atoms with E-state index >= 15 is 0 Å². The summed E-state index contributed by atoms with van der Waals surface area (Å²) in [5, 5.41) is 8.45. The van der Waals surface area contributed by atoms with Crippen LogP contribution in [0.1, 0.15) is 0 Å². The summed E-state index contributed by atoms with van der Waals surface area (Å²) in [7, 11) is 0. The number of alkyl halides is 2. The minimum Gasteiger partial charge on any atom is -0.279 e. The summed E-state index contributed by atoms with van der Waals surface area (Å²) < 4.78 is 0. The summed E-state index contributed by atoms with van der Waals surface area (Å²) in [4.78, 5) is 19.0. The van der Waals surface area contributed by atoms with Crippen molar-refractivity contribution in [1.29, 1.82) is 0 Å². The Bertz CT molecular complexity index is 352. The topological polar surface area (TPSA) is 60.2 Å². The number of nitrogens with zero attached hydrogens (tertiary/aromatic N) is 1. The molecule has 0 fully saturated rings. The van der Waals surface area contributed by atoms with Crippen LogP contribution in [0.3, 0.4) is 0 Å². The molecule has 1 rings (SSSR count). The molecule has 0 N–H and O–H groups in total. The Morgan fingerprint density at radius 1 is 1.64 bits per heavy atom. The van der Waals surface area contributed by atoms with Crippen LogP contribution in [0, 0.1) is 10.1 Å². The first-order valence-corrected chi connectivity index (χ1v) is 4.65. The maximum Gasteiger partial charge on any atom is 0.266 e. The van der Waals surface area contributed by atoms with Gasteiger partial charge in [-0.1, -0.05) is 0 Å². The second-order valence-electron chi connectivity index (χ2n) is 2.63. The van der Waals surface area contributed by atoms with Crippen LogP contribution >= 0.6 is 34.8 Å². The molecule has 14 heavy (non-hydrogen) atoms. The van der Waals surface area contributed by atoms with E-state index < -0.39 is 20.4 Å². The molecule has 2 atom stereocenters. The quantitative estimate of drug-likeness (QED) is 0.329. The molecular formula is C7H4Cl3NO3. The highest BCUT2D eigenvalue weighted by Crippen LogP contribution is 2.34. The predicted molar refractivity (Wildman–Crippen MR) is 53.3 cm³/mol. The smallest absolute Gasteiger partial charge is 0.266 e. The first-order valence-electron chi connectivity index (χ1n) is 3.46. The molecule has 0 saturated carbocycles. The standard InChI is InChI=1S/C7H4Cl3NO3/c8-5-3-4(11(13)14)1-2-7(5,10)6(9)12/h1-3,5H. The number of halogens is 3. The molecule has 0 aromatic heterocycles. The van der Waals surface area contributed by atoms with E-state index in [1.807, 2.05) is 0 Å². The average Bonchev–Trinajstić information content (AvgIpc) is 2.09. The number of nitro groups is 1. The molecule has 0 aromatic carbocycles. The molecule has 4 nitrogen and oxygen atoms in total. The lowest BCUT2D eigenvalue weighted by Crippen LogP contribution is -2.38. The Labute approximate surface area is 94.3 Å². The highest BCUT2D eigenvalue weighted by Gasteiger charge is 2.42. The maximum absolute atomic E-state index is 10.9. The summed E-state index contributed by atoms with van der Waals surface area (Å²) in [5.74, 6) is 0. The Morgan fingerprint density at radius 2 is 2.21 bits per heavy atom. The van der Waals surface area contributed by atoms with Crippen molar-refractivity contribution in [3.05, 3.63) is 34.0 Å².